The molecule has 5 heteroatoms. The average molecular weight is 244 g/mol. The van der Waals surface area contributed by atoms with Crippen molar-refractivity contribution in [2.24, 2.45) is 0 Å². The second kappa shape index (κ2) is 9.84. The molecule has 0 fully saturated rings. The van der Waals surface area contributed by atoms with Crippen LogP contribution >= 0.6 is 0 Å². The summed E-state index contributed by atoms with van der Waals surface area (Å²) in [6, 6.07) is 0. The monoisotopic (exact) mass is 244 g/mol. The number of aliphatic hydroxyl groups excluding tert-OH is 1. The number of hydrogen-bond acceptors (Lipinski definition) is 5. The van der Waals surface area contributed by atoms with E-state index in [2.05, 4.69) is 18.2 Å². The summed E-state index contributed by atoms with van der Waals surface area (Å²) < 4.78 is 9.51. The maximum atomic E-state index is 11.3. The van der Waals surface area contributed by atoms with Gasteiger partial charge in [-0.15, -0.1) is 0 Å². The molecular formula is C12H20O5. The number of carbonyl (C=O) groups excluding carboxylic acids is 2. The minimum atomic E-state index is -0.588. The highest BCUT2D eigenvalue weighted by Crippen LogP contribution is 2.04. The summed E-state index contributed by atoms with van der Waals surface area (Å²) in [4.78, 5) is 22.4. The van der Waals surface area contributed by atoms with Crippen molar-refractivity contribution in [3.63, 3.8) is 0 Å². The van der Waals surface area contributed by atoms with Crippen molar-refractivity contribution in [3.05, 3.63) is 12.2 Å². The molecule has 5 nitrogen and oxygen atoms in total. The molecule has 0 unspecified atom stereocenters. The molecule has 0 radical (unpaired) electrons. The van der Waals surface area contributed by atoms with Crippen LogP contribution in [0.4, 0.5) is 0 Å². The third-order valence-electron chi connectivity index (χ3n) is 1.98. The first-order valence-corrected chi connectivity index (χ1v) is 5.73. The van der Waals surface area contributed by atoms with Crippen LogP contribution in [-0.2, 0) is 19.1 Å². The van der Waals surface area contributed by atoms with E-state index in [0.717, 1.165) is 19.3 Å². The quantitative estimate of drug-likeness (QED) is 0.375. The number of ether oxygens (including phenoxy) is 2. The van der Waals surface area contributed by atoms with Gasteiger partial charge in [-0.3, -0.25) is 4.79 Å². The van der Waals surface area contributed by atoms with Gasteiger partial charge in [0, 0.05) is 5.57 Å². The maximum absolute atomic E-state index is 11.3. The van der Waals surface area contributed by atoms with Crippen molar-refractivity contribution in [1.82, 2.24) is 0 Å². The van der Waals surface area contributed by atoms with Gasteiger partial charge in [0.1, 0.15) is 6.61 Å². The fourth-order valence-corrected chi connectivity index (χ4v) is 1.08. The van der Waals surface area contributed by atoms with Gasteiger partial charge in [-0.1, -0.05) is 26.3 Å². The van der Waals surface area contributed by atoms with Gasteiger partial charge in [-0.25, -0.2) is 4.79 Å². The van der Waals surface area contributed by atoms with Crippen molar-refractivity contribution < 1.29 is 24.2 Å². The summed E-state index contributed by atoms with van der Waals surface area (Å²) in [5.74, 6) is -1.16. The Balaban J connectivity index is 3.73. The van der Waals surface area contributed by atoms with Crippen molar-refractivity contribution in [3.8, 4) is 0 Å². The topological polar surface area (TPSA) is 72.8 Å². The standard InChI is InChI=1S/C12H20O5/c1-3-4-5-7-17-12(15)10(2)9-11(14)16-8-6-13/h13H,2-9H2,1H3. The van der Waals surface area contributed by atoms with E-state index in [0.29, 0.717) is 6.61 Å². The lowest BCUT2D eigenvalue weighted by molar-refractivity contribution is -0.147. The Morgan fingerprint density at radius 2 is 1.88 bits per heavy atom. The fraction of sp³-hybridized carbons (Fsp3) is 0.667. The van der Waals surface area contributed by atoms with E-state index in [1.807, 2.05) is 0 Å². The van der Waals surface area contributed by atoms with E-state index < -0.39 is 11.9 Å². The van der Waals surface area contributed by atoms with Crippen LogP contribution in [0.15, 0.2) is 12.2 Å². The molecule has 98 valence electrons. The van der Waals surface area contributed by atoms with Gasteiger partial charge in [0.2, 0.25) is 0 Å². The zero-order chi connectivity index (χ0) is 13.1. The molecular weight excluding hydrogens is 224 g/mol. The Morgan fingerprint density at radius 3 is 2.47 bits per heavy atom. The third-order valence-corrected chi connectivity index (χ3v) is 1.98. The SMILES string of the molecule is C=C(CC(=O)OCCO)C(=O)OCCCCC. The molecule has 0 aliphatic carbocycles. The maximum Gasteiger partial charge on any atom is 0.333 e. The van der Waals surface area contributed by atoms with Crippen LogP contribution in [0, 0.1) is 0 Å². The zero-order valence-electron chi connectivity index (χ0n) is 10.2. The summed E-state index contributed by atoms with van der Waals surface area (Å²) in [6.45, 7) is 5.55. The van der Waals surface area contributed by atoms with Crippen LogP contribution in [0.1, 0.15) is 32.6 Å². The molecule has 0 heterocycles. The normalized spacial score (nSPS) is 9.76. The highest BCUT2D eigenvalue weighted by Gasteiger charge is 2.13. The van der Waals surface area contributed by atoms with E-state index in [1.54, 1.807) is 0 Å². The highest BCUT2D eigenvalue weighted by atomic mass is 16.5. The lowest BCUT2D eigenvalue weighted by Crippen LogP contribution is -2.14. The molecule has 0 amide bonds. The second-order valence-electron chi connectivity index (χ2n) is 3.57. The van der Waals surface area contributed by atoms with E-state index in [9.17, 15) is 9.59 Å². The molecule has 0 aromatic rings. The van der Waals surface area contributed by atoms with Crippen molar-refractivity contribution >= 4 is 11.9 Å². The number of aliphatic hydroxyl groups is 1. The van der Waals surface area contributed by atoms with Gasteiger partial charge in [0.25, 0.3) is 0 Å². The highest BCUT2D eigenvalue weighted by molar-refractivity contribution is 5.93. The second-order valence-corrected chi connectivity index (χ2v) is 3.57. The number of esters is 2. The largest absolute Gasteiger partial charge is 0.463 e. The van der Waals surface area contributed by atoms with Gasteiger partial charge in [0.15, 0.2) is 0 Å². The molecule has 0 aromatic carbocycles. The first-order chi connectivity index (χ1) is 8.11. The number of unbranched alkanes of at least 4 members (excludes halogenated alkanes) is 2. The molecule has 0 spiro atoms. The molecule has 0 bridgehead atoms. The Kier molecular flexibility index (Phi) is 9.05. The summed E-state index contributed by atoms with van der Waals surface area (Å²) >= 11 is 0. The molecule has 0 atom stereocenters. The summed E-state index contributed by atoms with van der Waals surface area (Å²) in [5, 5.41) is 8.43. The van der Waals surface area contributed by atoms with Crippen LogP contribution in [-0.4, -0.2) is 36.9 Å². The molecule has 0 saturated carbocycles. The minimum Gasteiger partial charge on any atom is -0.463 e. The van der Waals surface area contributed by atoms with Gasteiger partial charge < -0.3 is 14.6 Å². The van der Waals surface area contributed by atoms with Crippen molar-refractivity contribution in [2.45, 2.75) is 32.6 Å². The van der Waals surface area contributed by atoms with Crippen LogP contribution in [0.25, 0.3) is 0 Å². The molecule has 0 saturated heterocycles. The number of rotatable bonds is 9. The van der Waals surface area contributed by atoms with Crippen molar-refractivity contribution in [2.75, 3.05) is 19.8 Å². The third kappa shape index (κ3) is 8.45. The van der Waals surface area contributed by atoms with Crippen LogP contribution < -0.4 is 0 Å². The smallest absolute Gasteiger partial charge is 0.333 e. The van der Waals surface area contributed by atoms with E-state index in [1.165, 1.54) is 0 Å². The Bertz CT molecular complexity index is 260. The van der Waals surface area contributed by atoms with E-state index in [4.69, 9.17) is 9.84 Å². The molecule has 0 aliphatic heterocycles. The zero-order valence-corrected chi connectivity index (χ0v) is 10.2. The number of carbonyl (C=O) groups is 2. The first kappa shape index (κ1) is 15.6. The van der Waals surface area contributed by atoms with E-state index in [-0.39, 0.29) is 25.2 Å². The Morgan fingerprint density at radius 1 is 1.18 bits per heavy atom. The molecule has 17 heavy (non-hydrogen) atoms. The molecule has 0 rings (SSSR count). The van der Waals surface area contributed by atoms with Crippen LogP contribution in [0.5, 0.6) is 0 Å². The fourth-order valence-electron chi connectivity index (χ4n) is 1.08. The van der Waals surface area contributed by atoms with Gasteiger partial charge in [-0.2, -0.15) is 0 Å². The van der Waals surface area contributed by atoms with Crippen LogP contribution in [0.3, 0.4) is 0 Å². The van der Waals surface area contributed by atoms with Crippen molar-refractivity contribution in [1.29, 1.82) is 0 Å². The lowest BCUT2D eigenvalue weighted by atomic mass is 10.2. The summed E-state index contributed by atoms with van der Waals surface area (Å²) in [6.07, 6.45) is 2.65. The number of hydrogen-bond donors (Lipinski definition) is 1. The predicted octanol–water partition coefficient (Wildman–Crippen LogP) is 1.20. The van der Waals surface area contributed by atoms with Gasteiger partial charge >= 0.3 is 11.9 Å². The van der Waals surface area contributed by atoms with E-state index >= 15 is 0 Å². The van der Waals surface area contributed by atoms with Gasteiger partial charge in [-0.05, 0) is 6.42 Å². The molecule has 0 aromatic heterocycles. The van der Waals surface area contributed by atoms with Crippen LogP contribution in [0.2, 0.25) is 0 Å². The Hall–Kier alpha value is -1.36. The lowest BCUT2D eigenvalue weighted by Gasteiger charge is -2.06. The molecule has 1 N–H and O–H groups in total. The molecule has 0 aliphatic rings. The summed E-state index contributed by atoms with van der Waals surface area (Å²) in [5.41, 5.74) is 0.0736. The minimum absolute atomic E-state index is 0.0718. The summed E-state index contributed by atoms with van der Waals surface area (Å²) in [7, 11) is 0. The van der Waals surface area contributed by atoms with Gasteiger partial charge in [0.05, 0.1) is 19.6 Å². The predicted molar refractivity (Wildman–Crippen MR) is 62.3 cm³/mol. The Labute approximate surface area is 101 Å². The first-order valence-electron chi connectivity index (χ1n) is 5.73. The average Bonchev–Trinajstić information content (AvgIpc) is 2.31.